The average molecular weight is 514 g/mol. The number of rotatable bonds is 6. The summed E-state index contributed by atoms with van der Waals surface area (Å²) in [5.41, 5.74) is 0.766. The van der Waals surface area contributed by atoms with Gasteiger partial charge in [-0.05, 0) is 24.3 Å². The summed E-state index contributed by atoms with van der Waals surface area (Å²) in [6.07, 6.45) is 2.65. The van der Waals surface area contributed by atoms with E-state index in [9.17, 15) is 17.6 Å². The monoisotopic (exact) mass is 514 g/mol. The number of aromatic nitrogens is 6. The molecule has 4 heterocycles. The smallest absolute Gasteiger partial charge is 0.249 e. The van der Waals surface area contributed by atoms with Crippen LogP contribution in [-0.4, -0.2) is 56.1 Å². The maximum Gasteiger partial charge on any atom is 0.249 e. The lowest BCUT2D eigenvalue weighted by Gasteiger charge is -2.59. The maximum atomic E-state index is 14.6. The zero-order valence-corrected chi connectivity index (χ0v) is 19.9. The summed E-state index contributed by atoms with van der Waals surface area (Å²) in [5, 5.41) is 13.1. The Morgan fingerprint density at radius 3 is 2.51 bits per heavy atom. The molecule has 0 radical (unpaired) electrons. The molecule has 3 aromatic heterocycles. The quantitative estimate of drug-likeness (QED) is 0.365. The number of nitrogens with one attached hydrogen (secondary N) is 2. The molecule has 0 atom stereocenters. The first kappa shape index (κ1) is 23.3. The van der Waals surface area contributed by atoms with Crippen molar-refractivity contribution in [1.82, 2.24) is 29.9 Å². The number of anilines is 3. The number of aryl methyl sites for hydroxylation is 1. The second-order valence-corrected chi connectivity index (χ2v) is 9.62. The molecule has 13 heteroatoms. The number of aromatic amines is 1. The summed E-state index contributed by atoms with van der Waals surface area (Å²) in [5.74, 6) is -2.12. The number of hydrogen-bond acceptors (Lipinski definition) is 7. The fourth-order valence-corrected chi connectivity index (χ4v) is 5.14. The number of alkyl halides is 2. The Morgan fingerprint density at radius 2 is 1.86 bits per heavy atom. The Bertz CT molecular complexity index is 1480. The van der Waals surface area contributed by atoms with Gasteiger partial charge < -0.3 is 15.0 Å². The zero-order valence-electron chi connectivity index (χ0n) is 19.9. The van der Waals surface area contributed by atoms with E-state index in [-0.39, 0.29) is 29.4 Å². The molecule has 37 heavy (non-hydrogen) atoms. The van der Waals surface area contributed by atoms with Crippen molar-refractivity contribution in [3.63, 3.8) is 0 Å². The standard InChI is InChI=1S/C24H22F4N8O/c1-35-22(31-14-3-4-15(17(25)6-14)16-8-30-33-19(16)26)32-20(34-35)13-5-18(37-2)21(29-7-13)36-11-23(12-36)9-24(27,28)10-23/h3-8H,9-12H2,1-2H3,(H,30,33)(H,31,32,34). The third-order valence-corrected chi connectivity index (χ3v) is 6.80. The van der Waals surface area contributed by atoms with E-state index < -0.39 is 17.7 Å². The number of benzene rings is 1. The second-order valence-electron chi connectivity index (χ2n) is 9.62. The summed E-state index contributed by atoms with van der Waals surface area (Å²) in [6.45, 7) is 1.04. The summed E-state index contributed by atoms with van der Waals surface area (Å²) in [7, 11) is 3.20. The molecule has 0 bridgehead atoms. The fourth-order valence-electron chi connectivity index (χ4n) is 5.14. The van der Waals surface area contributed by atoms with Crippen LogP contribution < -0.4 is 15.0 Å². The number of halogens is 4. The van der Waals surface area contributed by atoms with Gasteiger partial charge in [0.15, 0.2) is 17.4 Å². The molecule has 9 nitrogen and oxygen atoms in total. The molecular formula is C24H22F4N8O. The van der Waals surface area contributed by atoms with Gasteiger partial charge in [-0.25, -0.2) is 22.8 Å². The number of hydrogen-bond donors (Lipinski definition) is 2. The number of ether oxygens (including phenoxy) is 1. The predicted molar refractivity (Wildman–Crippen MR) is 127 cm³/mol. The summed E-state index contributed by atoms with van der Waals surface area (Å²) in [6, 6.07) is 6.01. The lowest BCUT2D eigenvalue weighted by Crippen LogP contribution is -2.66. The molecule has 1 saturated heterocycles. The molecule has 192 valence electrons. The van der Waals surface area contributed by atoms with Crippen LogP contribution in [0.15, 0.2) is 36.7 Å². The first-order chi connectivity index (χ1) is 17.7. The highest BCUT2D eigenvalue weighted by Crippen LogP contribution is 2.57. The van der Waals surface area contributed by atoms with Crippen molar-refractivity contribution in [2.75, 3.05) is 30.4 Å². The topological polar surface area (TPSA) is 96.8 Å². The van der Waals surface area contributed by atoms with Crippen molar-refractivity contribution >= 4 is 17.5 Å². The average Bonchev–Trinajstić information content (AvgIpc) is 3.40. The van der Waals surface area contributed by atoms with E-state index in [2.05, 4.69) is 30.6 Å². The van der Waals surface area contributed by atoms with Crippen molar-refractivity contribution < 1.29 is 22.3 Å². The number of methoxy groups -OCH3 is 1. The van der Waals surface area contributed by atoms with E-state index in [1.165, 1.54) is 30.1 Å². The molecule has 2 aliphatic rings. The van der Waals surface area contributed by atoms with Crippen LogP contribution in [0.5, 0.6) is 5.75 Å². The van der Waals surface area contributed by atoms with E-state index in [0.717, 1.165) is 0 Å². The third-order valence-electron chi connectivity index (χ3n) is 6.80. The van der Waals surface area contributed by atoms with Crippen molar-refractivity contribution in [2.24, 2.45) is 12.5 Å². The molecule has 1 saturated carbocycles. The van der Waals surface area contributed by atoms with Gasteiger partial charge in [0.25, 0.3) is 0 Å². The molecule has 0 amide bonds. The van der Waals surface area contributed by atoms with Crippen LogP contribution in [0.2, 0.25) is 0 Å². The van der Waals surface area contributed by atoms with Gasteiger partial charge >= 0.3 is 0 Å². The second kappa shape index (κ2) is 8.18. The minimum absolute atomic E-state index is 0.0360. The van der Waals surface area contributed by atoms with E-state index in [1.807, 2.05) is 4.90 Å². The number of pyridine rings is 1. The summed E-state index contributed by atoms with van der Waals surface area (Å²) in [4.78, 5) is 10.9. The molecule has 1 aliphatic heterocycles. The van der Waals surface area contributed by atoms with Gasteiger partial charge in [0.05, 0.1) is 18.9 Å². The summed E-state index contributed by atoms with van der Waals surface area (Å²) >= 11 is 0. The van der Waals surface area contributed by atoms with Gasteiger partial charge in [0, 0.05) is 61.4 Å². The van der Waals surface area contributed by atoms with Crippen LogP contribution in [0.3, 0.4) is 0 Å². The molecule has 4 aromatic rings. The molecule has 2 fully saturated rings. The van der Waals surface area contributed by atoms with Crippen LogP contribution >= 0.6 is 0 Å². The van der Waals surface area contributed by atoms with Crippen molar-refractivity contribution in [3.05, 3.63) is 48.4 Å². The lowest BCUT2D eigenvalue weighted by atomic mass is 9.61. The molecule has 2 N–H and O–H groups in total. The molecular weight excluding hydrogens is 492 g/mol. The minimum atomic E-state index is -2.56. The van der Waals surface area contributed by atoms with Crippen molar-refractivity contribution in [1.29, 1.82) is 0 Å². The SMILES string of the molecule is COc1cc(-c2nc(Nc3ccc(-c4cn[nH]c4F)c(F)c3)n(C)n2)cnc1N1CC2(C1)CC(F)(F)C2. The van der Waals surface area contributed by atoms with Gasteiger partial charge in [-0.3, -0.25) is 5.10 Å². The minimum Gasteiger partial charge on any atom is -0.493 e. The van der Waals surface area contributed by atoms with Crippen LogP contribution in [0.1, 0.15) is 12.8 Å². The Morgan fingerprint density at radius 1 is 1.08 bits per heavy atom. The van der Waals surface area contributed by atoms with Gasteiger partial charge in [0.1, 0.15) is 5.82 Å². The highest BCUT2D eigenvalue weighted by atomic mass is 19.3. The van der Waals surface area contributed by atoms with Crippen LogP contribution in [0.25, 0.3) is 22.5 Å². The first-order valence-electron chi connectivity index (χ1n) is 11.5. The third kappa shape index (κ3) is 4.03. The Kier molecular flexibility index (Phi) is 5.14. The largest absolute Gasteiger partial charge is 0.493 e. The highest BCUT2D eigenvalue weighted by Gasteiger charge is 2.62. The van der Waals surface area contributed by atoms with Gasteiger partial charge in [0.2, 0.25) is 17.8 Å². The zero-order chi connectivity index (χ0) is 25.9. The lowest BCUT2D eigenvalue weighted by molar-refractivity contribution is -0.170. The predicted octanol–water partition coefficient (Wildman–Crippen LogP) is 4.53. The van der Waals surface area contributed by atoms with Crippen LogP contribution in [0.4, 0.5) is 35.0 Å². The van der Waals surface area contributed by atoms with E-state index in [1.54, 1.807) is 25.4 Å². The summed E-state index contributed by atoms with van der Waals surface area (Å²) < 4.78 is 62.1. The van der Waals surface area contributed by atoms with E-state index in [4.69, 9.17) is 4.74 Å². The maximum absolute atomic E-state index is 14.6. The van der Waals surface area contributed by atoms with Crippen LogP contribution in [-0.2, 0) is 7.05 Å². The molecule has 1 aliphatic carbocycles. The molecule has 1 aromatic carbocycles. The van der Waals surface area contributed by atoms with Gasteiger partial charge in [-0.15, -0.1) is 5.10 Å². The van der Waals surface area contributed by atoms with Crippen molar-refractivity contribution in [3.8, 4) is 28.3 Å². The Hall–Kier alpha value is -4.16. The Labute approximate surface area is 208 Å². The van der Waals surface area contributed by atoms with E-state index in [0.29, 0.717) is 47.7 Å². The fraction of sp³-hybridized carbons (Fsp3) is 0.333. The van der Waals surface area contributed by atoms with E-state index >= 15 is 0 Å². The van der Waals surface area contributed by atoms with Gasteiger partial charge in [-0.1, -0.05) is 0 Å². The van der Waals surface area contributed by atoms with Crippen molar-refractivity contribution in [2.45, 2.75) is 18.8 Å². The Balaban J connectivity index is 1.19. The molecule has 6 rings (SSSR count). The molecule has 1 spiro atoms. The van der Waals surface area contributed by atoms with Crippen LogP contribution in [0, 0.1) is 17.2 Å². The normalized spacial score (nSPS) is 17.4. The molecule has 0 unspecified atom stereocenters. The number of H-pyrrole nitrogens is 1. The number of nitrogens with zero attached hydrogens (tertiary/aromatic N) is 6. The first-order valence-corrected chi connectivity index (χ1v) is 11.5. The van der Waals surface area contributed by atoms with Gasteiger partial charge in [-0.2, -0.15) is 14.5 Å². The highest BCUT2D eigenvalue weighted by molar-refractivity contribution is 5.69.